The van der Waals surface area contributed by atoms with Crippen LogP contribution in [-0.4, -0.2) is 25.5 Å². The molecule has 0 saturated carbocycles. The van der Waals surface area contributed by atoms with Crippen molar-refractivity contribution in [1.82, 2.24) is 0 Å². The molecule has 0 aromatic heterocycles. The van der Waals surface area contributed by atoms with Crippen LogP contribution in [0.4, 0.5) is 0 Å². The fourth-order valence-electron chi connectivity index (χ4n) is 2.85. The molecule has 2 aromatic carbocycles. The number of ketones is 1. The van der Waals surface area contributed by atoms with Gasteiger partial charge in [0.25, 0.3) is 0 Å². The summed E-state index contributed by atoms with van der Waals surface area (Å²) in [6.45, 7) is 0.253. The number of carbonyl (C=O) groups excluding carboxylic acids is 2. The van der Waals surface area contributed by atoms with E-state index in [9.17, 15) is 9.59 Å². The van der Waals surface area contributed by atoms with Crippen LogP contribution in [-0.2, 0) is 14.9 Å². The Labute approximate surface area is 128 Å². The first-order valence-electron chi connectivity index (χ1n) is 7.10. The van der Waals surface area contributed by atoms with Crippen LogP contribution in [0.15, 0.2) is 54.6 Å². The third-order valence-corrected chi connectivity index (χ3v) is 4.04. The van der Waals surface area contributed by atoms with Crippen molar-refractivity contribution >= 4 is 11.8 Å². The zero-order valence-corrected chi connectivity index (χ0v) is 12.2. The van der Waals surface area contributed by atoms with Gasteiger partial charge in [-0.3, -0.25) is 9.59 Å². The average Bonchev–Trinajstić information content (AvgIpc) is 2.97. The molecule has 22 heavy (non-hydrogen) atoms. The van der Waals surface area contributed by atoms with Gasteiger partial charge in [-0.2, -0.15) is 0 Å². The number of hydrogen-bond donors (Lipinski definition) is 0. The van der Waals surface area contributed by atoms with E-state index < -0.39 is 11.4 Å². The minimum absolute atomic E-state index is 0.250. The van der Waals surface area contributed by atoms with Crippen LogP contribution in [0.5, 0.6) is 5.75 Å². The quantitative estimate of drug-likeness (QED) is 0.494. The molecule has 0 radical (unpaired) electrons. The van der Waals surface area contributed by atoms with Crippen LogP contribution in [0.3, 0.4) is 0 Å². The fraction of sp³-hybridized carbons (Fsp3) is 0.222. The first kappa shape index (κ1) is 14.3. The summed E-state index contributed by atoms with van der Waals surface area (Å²) >= 11 is 0. The molecule has 1 heterocycles. The lowest BCUT2D eigenvalue weighted by atomic mass is 9.73. The van der Waals surface area contributed by atoms with Crippen molar-refractivity contribution in [2.24, 2.45) is 0 Å². The van der Waals surface area contributed by atoms with Crippen molar-refractivity contribution in [3.63, 3.8) is 0 Å². The van der Waals surface area contributed by atoms with Gasteiger partial charge >= 0.3 is 5.97 Å². The van der Waals surface area contributed by atoms with Crippen LogP contribution < -0.4 is 4.74 Å². The highest BCUT2D eigenvalue weighted by atomic mass is 16.5. The summed E-state index contributed by atoms with van der Waals surface area (Å²) in [5.41, 5.74) is -0.138. The lowest BCUT2D eigenvalue weighted by Crippen LogP contribution is -2.40. The molecule has 1 fully saturated rings. The largest absolute Gasteiger partial charge is 0.497 e. The van der Waals surface area contributed by atoms with Gasteiger partial charge in [-0.05, 0) is 17.7 Å². The molecule has 0 amide bonds. The predicted octanol–water partition coefficient (Wildman–Crippen LogP) is 2.76. The van der Waals surface area contributed by atoms with E-state index in [-0.39, 0.29) is 12.4 Å². The summed E-state index contributed by atoms with van der Waals surface area (Å²) in [5.74, 6) is -0.146. The van der Waals surface area contributed by atoms with Crippen molar-refractivity contribution in [2.45, 2.75) is 11.8 Å². The number of ether oxygens (including phenoxy) is 2. The number of benzene rings is 2. The maximum atomic E-state index is 13.1. The summed E-state index contributed by atoms with van der Waals surface area (Å²) in [6.07, 6.45) is 0.353. The second kappa shape index (κ2) is 5.64. The fourth-order valence-corrected chi connectivity index (χ4v) is 2.85. The highest BCUT2D eigenvalue weighted by Crippen LogP contribution is 2.38. The standard InChI is InChI=1S/C18H16O4/c1-21-15-9-5-6-13(12-15)16(19)18(10-11-22-17(18)20)14-7-3-2-4-8-14/h2-9,12H,10-11H2,1H3/t18-/m1/s1. The molecular weight excluding hydrogens is 280 g/mol. The predicted molar refractivity (Wildman–Crippen MR) is 81.0 cm³/mol. The van der Waals surface area contributed by atoms with E-state index in [1.54, 1.807) is 43.5 Å². The molecule has 2 aromatic rings. The number of rotatable bonds is 4. The lowest BCUT2D eigenvalue weighted by Gasteiger charge is -2.24. The van der Waals surface area contributed by atoms with E-state index in [1.165, 1.54) is 0 Å². The molecule has 1 aliphatic heterocycles. The Morgan fingerprint density at radius 1 is 1.14 bits per heavy atom. The van der Waals surface area contributed by atoms with Gasteiger partial charge in [-0.1, -0.05) is 42.5 Å². The number of hydrogen-bond acceptors (Lipinski definition) is 4. The van der Waals surface area contributed by atoms with Crippen molar-refractivity contribution in [3.05, 3.63) is 65.7 Å². The molecule has 4 nitrogen and oxygen atoms in total. The van der Waals surface area contributed by atoms with Gasteiger partial charge in [-0.15, -0.1) is 0 Å². The van der Waals surface area contributed by atoms with E-state index in [4.69, 9.17) is 9.47 Å². The molecular formula is C18H16O4. The Bertz CT molecular complexity index is 708. The maximum Gasteiger partial charge on any atom is 0.324 e. The average molecular weight is 296 g/mol. The number of cyclic esters (lactones) is 1. The van der Waals surface area contributed by atoms with E-state index in [1.807, 2.05) is 18.2 Å². The Balaban J connectivity index is 2.11. The van der Waals surface area contributed by atoms with Crippen molar-refractivity contribution in [3.8, 4) is 5.75 Å². The zero-order chi connectivity index (χ0) is 15.6. The van der Waals surface area contributed by atoms with Crippen LogP contribution in [0.1, 0.15) is 22.3 Å². The molecule has 0 bridgehead atoms. The number of Topliss-reactive ketones (excluding diaryl/α,β-unsaturated/α-hetero) is 1. The Hall–Kier alpha value is -2.62. The lowest BCUT2D eigenvalue weighted by molar-refractivity contribution is -0.141. The maximum absolute atomic E-state index is 13.1. The van der Waals surface area contributed by atoms with E-state index in [0.29, 0.717) is 23.3 Å². The summed E-state index contributed by atoms with van der Waals surface area (Å²) < 4.78 is 10.3. The Morgan fingerprint density at radius 2 is 1.91 bits per heavy atom. The van der Waals surface area contributed by atoms with Gasteiger partial charge in [-0.25, -0.2) is 0 Å². The van der Waals surface area contributed by atoms with Crippen LogP contribution in [0, 0.1) is 0 Å². The molecule has 3 rings (SSSR count). The van der Waals surface area contributed by atoms with Gasteiger partial charge in [0.15, 0.2) is 11.2 Å². The smallest absolute Gasteiger partial charge is 0.324 e. The number of esters is 1. The van der Waals surface area contributed by atoms with Gasteiger partial charge in [0, 0.05) is 12.0 Å². The molecule has 0 N–H and O–H groups in total. The Kier molecular flexibility index (Phi) is 3.67. The number of methoxy groups -OCH3 is 1. The third kappa shape index (κ3) is 2.17. The van der Waals surface area contributed by atoms with Crippen LogP contribution >= 0.6 is 0 Å². The summed E-state index contributed by atoms with van der Waals surface area (Å²) in [6, 6.07) is 15.9. The van der Waals surface area contributed by atoms with Crippen molar-refractivity contribution < 1.29 is 19.1 Å². The van der Waals surface area contributed by atoms with Gasteiger partial charge in [0.2, 0.25) is 0 Å². The molecule has 0 unspecified atom stereocenters. The monoisotopic (exact) mass is 296 g/mol. The van der Waals surface area contributed by atoms with Crippen molar-refractivity contribution in [2.75, 3.05) is 13.7 Å². The summed E-state index contributed by atoms with van der Waals surface area (Å²) in [5, 5.41) is 0. The number of carbonyl (C=O) groups is 2. The molecule has 1 saturated heterocycles. The minimum atomic E-state index is -1.26. The second-order valence-corrected chi connectivity index (χ2v) is 5.22. The molecule has 0 spiro atoms. The van der Waals surface area contributed by atoms with Gasteiger partial charge < -0.3 is 9.47 Å². The van der Waals surface area contributed by atoms with E-state index >= 15 is 0 Å². The van der Waals surface area contributed by atoms with Crippen molar-refractivity contribution in [1.29, 1.82) is 0 Å². The molecule has 0 aliphatic carbocycles. The second-order valence-electron chi connectivity index (χ2n) is 5.22. The van der Waals surface area contributed by atoms with E-state index in [0.717, 1.165) is 0 Å². The SMILES string of the molecule is COc1cccc(C(=O)[C@]2(c3ccccc3)CCOC2=O)c1. The van der Waals surface area contributed by atoms with Crippen LogP contribution in [0.2, 0.25) is 0 Å². The first-order valence-corrected chi connectivity index (χ1v) is 7.10. The topological polar surface area (TPSA) is 52.6 Å². The van der Waals surface area contributed by atoms with E-state index in [2.05, 4.69) is 0 Å². The first-order chi connectivity index (χ1) is 10.7. The summed E-state index contributed by atoms with van der Waals surface area (Å²) in [7, 11) is 1.54. The summed E-state index contributed by atoms with van der Waals surface area (Å²) in [4.78, 5) is 25.5. The molecule has 4 heteroatoms. The third-order valence-electron chi connectivity index (χ3n) is 4.04. The Morgan fingerprint density at radius 3 is 2.55 bits per heavy atom. The normalized spacial score (nSPS) is 20.5. The highest BCUT2D eigenvalue weighted by molar-refractivity contribution is 6.18. The van der Waals surface area contributed by atoms with Crippen LogP contribution in [0.25, 0.3) is 0 Å². The van der Waals surface area contributed by atoms with Gasteiger partial charge in [0.05, 0.1) is 13.7 Å². The molecule has 112 valence electrons. The van der Waals surface area contributed by atoms with Gasteiger partial charge in [0.1, 0.15) is 5.75 Å². The molecule has 1 aliphatic rings. The zero-order valence-electron chi connectivity index (χ0n) is 12.2. The minimum Gasteiger partial charge on any atom is -0.497 e. The highest BCUT2D eigenvalue weighted by Gasteiger charge is 2.52. The molecule has 1 atom stereocenters.